The van der Waals surface area contributed by atoms with Crippen LogP contribution in [-0.4, -0.2) is 24.7 Å². The van der Waals surface area contributed by atoms with Crippen LogP contribution >= 0.6 is 15.9 Å². The summed E-state index contributed by atoms with van der Waals surface area (Å²) >= 11 is 3.01. The Morgan fingerprint density at radius 3 is 2.83 bits per heavy atom. The number of anilines is 1. The van der Waals surface area contributed by atoms with Crippen LogP contribution in [0.1, 0.15) is 13.3 Å². The second-order valence-corrected chi connectivity index (χ2v) is 4.72. The largest absolute Gasteiger partial charge is 0.385 e. The Balaban J connectivity index is 2.93. The molecule has 1 N–H and O–H groups in total. The summed E-state index contributed by atoms with van der Waals surface area (Å²) in [5.41, 5.74) is 0.0110. The molecule has 0 amide bonds. The van der Waals surface area contributed by atoms with Gasteiger partial charge in [0, 0.05) is 19.8 Å². The van der Waals surface area contributed by atoms with Gasteiger partial charge in [-0.05, 0) is 35.3 Å². The molecule has 1 rings (SSSR count). The first kappa shape index (κ1) is 14.8. The predicted molar refractivity (Wildman–Crippen MR) is 70.3 cm³/mol. The van der Waals surface area contributed by atoms with Crippen molar-refractivity contribution in [1.29, 1.82) is 0 Å². The van der Waals surface area contributed by atoms with Gasteiger partial charge in [-0.3, -0.25) is 10.1 Å². The van der Waals surface area contributed by atoms with E-state index in [1.165, 1.54) is 6.07 Å². The Bertz CT molecular complexity index is 443. The Hall–Kier alpha value is -1.21. The van der Waals surface area contributed by atoms with E-state index in [1.807, 2.05) is 6.92 Å². The van der Waals surface area contributed by atoms with E-state index in [2.05, 4.69) is 21.2 Å². The number of nitro groups is 1. The average Bonchev–Trinajstić information content (AvgIpc) is 2.30. The second kappa shape index (κ2) is 6.65. The van der Waals surface area contributed by atoms with E-state index in [-0.39, 0.29) is 21.9 Å². The number of rotatable bonds is 6. The molecule has 0 heterocycles. The van der Waals surface area contributed by atoms with Crippen molar-refractivity contribution in [3.05, 3.63) is 32.5 Å². The molecule has 0 spiro atoms. The fraction of sp³-hybridized carbons (Fsp3) is 0.455. The molecule has 100 valence electrons. The number of nitrogens with zero attached hydrogens (tertiary/aromatic N) is 1. The van der Waals surface area contributed by atoms with Crippen LogP contribution in [0.25, 0.3) is 0 Å². The molecule has 1 atom stereocenters. The molecule has 1 unspecified atom stereocenters. The van der Waals surface area contributed by atoms with Crippen LogP contribution in [0.2, 0.25) is 0 Å². The third-order valence-electron chi connectivity index (χ3n) is 2.39. The minimum Gasteiger partial charge on any atom is -0.385 e. The van der Waals surface area contributed by atoms with Crippen molar-refractivity contribution in [3.63, 3.8) is 0 Å². The lowest BCUT2D eigenvalue weighted by molar-refractivity contribution is -0.384. The second-order valence-electron chi connectivity index (χ2n) is 3.87. The van der Waals surface area contributed by atoms with Crippen LogP contribution in [0, 0.1) is 15.9 Å². The van der Waals surface area contributed by atoms with Gasteiger partial charge in [0.05, 0.1) is 15.5 Å². The van der Waals surface area contributed by atoms with Crippen molar-refractivity contribution in [2.45, 2.75) is 19.4 Å². The van der Waals surface area contributed by atoms with Crippen LogP contribution in [0.4, 0.5) is 15.8 Å². The average molecular weight is 321 g/mol. The topological polar surface area (TPSA) is 64.4 Å². The summed E-state index contributed by atoms with van der Waals surface area (Å²) in [7, 11) is 1.59. The molecule has 0 radical (unpaired) electrons. The van der Waals surface area contributed by atoms with Crippen molar-refractivity contribution in [2.24, 2.45) is 0 Å². The maximum atomic E-state index is 13.3. The van der Waals surface area contributed by atoms with Crippen LogP contribution in [-0.2, 0) is 4.74 Å². The Kier molecular flexibility index (Phi) is 5.49. The molecular formula is C11H14BrFN2O3. The van der Waals surface area contributed by atoms with Gasteiger partial charge < -0.3 is 10.1 Å². The monoisotopic (exact) mass is 320 g/mol. The van der Waals surface area contributed by atoms with Gasteiger partial charge in [0.25, 0.3) is 5.69 Å². The highest BCUT2D eigenvalue weighted by Gasteiger charge is 2.18. The smallest absolute Gasteiger partial charge is 0.295 e. The van der Waals surface area contributed by atoms with Crippen molar-refractivity contribution in [3.8, 4) is 0 Å². The van der Waals surface area contributed by atoms with Crippen molar-refractivity contribution in [2.75, 3.05) is 19.0 Å². The molecule has 0 fully saturated rings. The number of nitrogens with one attached hydrogen (secondary N) is 1. The summed E-state index contributed by atoms with van der Waals surface area (Å²) in [5.74, 6) is -0.656. The lowest BCUT2D eigenvalue weighted by Gasteiger charge is -2.15. The van der Waals surface area contributed by atoms with Gasteiger partial charge in [0.15, 0.2) is 0 Å². The SMILES string of the molecule is COCCC(C)Nc1cc(Br)c(F)cc1[N+](=O)[O-]. The molecule has 1 aromatic carbocycles. The van der Waals surface area contributed by atoms with Gasteiger partial charge in [-0.1, -0.05) is 0 Å². The number of methoxy groups -OCH3 is 1. The van der Waals surface area contributed by atoms with Crippen molar-refractivity contribution >= 4 is 27.3 Å². The molecule has 5 nitrogen and oxygen atoms in total. The van der Waals surface area contributed by atoms with E-state index in [4.69, 9.17) is 4.74 Å². The molecule has 0 saturated carbocycles. The standard InChI is InChI=1S/C11H14BrFN2O3/c1-7(3-4-18-2)14-10-5-8(12)9(13)6-11(10)15(16)17/h5-7,14H,3-4H2,1-2H3. The fourth-order valence-electron chi connectivity index (χ4n) is 1.44. The van der Waals surface area contributed by atoms with E-state index in [0.29, 0.717) is 13.0 Å². The number of benzene rings is 1. The van der Waals surface area contributed by atoms with Gasteiger partial charge in [0.1, 0.15) is 11.5 Å². The molecule has 7 heteroatoms. The van der Waals surface area contributed by atoms with Gasteiger partial charge in [-0.25, -0.2) is 4.39 Å². The van der Waals surface area contributed by atoms with Gasteiger partial charge in [-0.2, -0.15) is 0 Å². The summed E-state index contributed by atoms with van der Waals surface area (Å²) < 4.78 is 18.4. The van der Waals surface area contributed by atoms with Crippen LogP contribution in [0.15, 0.2) is 16.6 Å². The molecule has 1 aromatic rings. The number of hydrogen-bond acceptors (Lipinski definition) is 4. The number of ether oxygens (including phenoxy) is 1. The quantitative estimate of drug-likeness (QED) is 0.645. The fourth-order valence-corrected chi connectivity index (χ4v) is 1.78. The van der Waals surface area contributed by atoms with Gasteiger partial charge >= 0.3 is 0 Å². The lowest BCUT2D eigenvalue weighted by Crippen LogP contribution is -2.18. The van der Waals surface area contributed by atoms with Crippen molar-refractivity contribution < 1.29 is 14.1 Å². The van der Waals surface area contributed by atoms with E-state index >= 15 is 0 Å². The minimum absolute atomic E-state index is 0.0130. The highest BCUT2D eigenvalue weighted by Crippen LogP contribution is 2.31. The molecule has 18 heavy (non-hydrogen) atoms. The summed E-state index contributed by atoms with van der Waals surface area (Å²) in [6.07, 6.45) is 0.697. The van der Waals surface area contributed by atoms with E-state index in [0.717, 1.165) is 6.07 Å². The van der Waals surface area contributed by atoms with Crippen LogP contribution in [0.5, 0.6) is 0 Å². The number of hydrogen-bond donors (Lipinski definition) is 1. The minimum atomic E-state index is -0.656. The third-order valence-corrected chi connectivity index (χ3v) is 3.00. The van der Waals surface area contributed by atoms with Crippen LogP contribution < -0.4 is 5.32 Å². The zero-order chi connectivity index (χ0) is 13.7. The van der Waals surface area contributed by atoms with Gasteiger partial charge in [0.2, 0.25) is 0 Å². The molecule has 0 saturated heterocycles. The highest BCUT2D eigenvalue weighted by molar-refractivity contribution is 9.10. The maximum absolute atomic E-state index is 13.3. The van der Waals surface area contributed by atoms with Crippen LogP contribution in [0.3, 0.4) is 0 Å². The Labute approximate surface area is 113 Å². The molecule has 0 aromatic heterocycles. The number of halogens is 2. The normalized spacial score (nSPS) is 12.2. The molecule has 0 aliphatic heterocycles. The predicted octanol–water partition coefficient (Wildman–Crippen LogP) is 3.33. The van der Waals surface area contributed by atoms with E-state index in [9.17, 15) is 14.5 Å². The highest BCUT2D eigenvalue weighted by atomic mass is 79.9. The Morgan fingerprint density at radius 1 is 1.61 bits per heavy atom. The summed E-state index contributed by atoms with van der Waals surface area (Å²) in [5, 5.41) is 13.8. The zero-order valence-electron chi connectivity index (χ0n) is 10.1. The molecule has 0 bridgehead atoms. The third kappa shape index (κ3) is 3.92. The first-order valence-corrected chi connectivity index (χ1v) is 6.14. The molecular weight excluding hydrogens is 307 g/mol. The summed E-state index contributed by atoms with van der Waals surface area (Å²) in [4.78, 5) is 10.2. The van der Waals surface area contributed by atoms with Crippen molar-refractivity contribution in [1.82, 2.24) is 0 Å². The zero-order valence-corrected chi connectivity index (χ0v) is 11.7. The van der Waals surface area contributed by atoms with E-state index < -0.39 is 10.7 Å². The van der Waals surface area contributed by atoms with Gasteiger partial charge in [-0.15, -0.1) is 0 Å². The maximum Gasteiger partial charge on any atom is 0.295 e. The number of nitro benzene ring substituents is 1. The first-order valence-electron chi connectivity index (χ1n) is 5.34. The lowest BCUT2D eigenvalue weighted by atomic mass is 10.2. The molecule has 0 aliphatic carbocycles. The Morgan fingerprint density at radius 2 is 2.28 bits per heavy atom. The summed E-state index contributed by atoms with van der Waals surface area (Å²) in [6.45, 7) is 2.42. The summed E-state index contributed by atoms with van der Waals surface area (Å²) in [6, 6.07) is 2.26. The first-order chi connectivity index (χ1) is 8.45. The molecule has 0 aliphatic rings. The van der Waals surface area contributed by atoms with E-state index in [1.54, 1.807) is 7.11 Å².